The fraction of sp³-hybridized carbons (Fsp3) is 0.917. The third-order valence-corrected chi connectivity index (χ3v) is 3.99. The van der Waals surface area contributed by atoms with Gasteiger partial charge in [0, 0.05) is 6.54 Å². The maximum absolute atomic E-state index is 11.9. The molecule has 0 aromatic heterocycles. The molecule has 0 bridgehead atoms. The molecule has 3 nitrogen and oxygen atoms in total. The van der Waals surface area contributed by atoms with Crippen molar-refractivity contribution in [2.45, 2.75) is 52.7 Å². The lowest BCUT2D eigenvalue weighted by molar-refractivity contribution is -0.130. The summed E-state index contributed by atoms with van der Waals surface area (Å²) in [5.41, 5.74) is 0.463. The molecule has 15 heavy (non-hydrogen) atoms. The average Bonchev–Trinajstić information content (AvgIpc) is 2.68. The van der Waals surface area contributed by atoms with Gasteiger partial charge in [-0.1, -0.05) is 20.8 Å². The van der Waals surface area contributed by atoms with E-state index in [4.69, 9.17) is 0 Å². The summed E-state index contributed by atoms with van der Waals surface area (Å²) >= 11 is 0. The first-order valence-electron chi connectivity index (χ1n) is 6.02. The van der Waals surface area contributed by atoms with Crippen molar-refractivity contribution < 1.29 is 4.79 Å². The van der Waals surface area contributed by atoms with Crippen LogP contribution in [0, 0.1) is 11.3 Å². The Morgan fingerprint density at radius 2 is 2.13 bits per heavy atom. The number of carbonyl (C=O) groups is 1. The minimum Gasteiger partial charge on any atom is -0.326 e. The number of carbonyl (C=O) groups excluding carboxylic acids is 1. The Morgan fingerprint density at radius 3 is 2.60 bits per heavy atom. The van der Waals surface area contributed by atoms with Gasteiger partial charge in [0.1, 0.15) is 0 Å². The number of amides is 1. The van der Waals surface area contributed by atoms with Gasteiger partial charge >= 0.3 is 0 Å². The number of nitrogens with zero attached hydrogens (tertiary/aromatic N) is 1. The lowest BCUT2D eigenvalue weighted by Crippen LogP contribution is -2.38. The molecule has 1 aliphatic carbocycles. The number of nitrogens with one attached hydrogen (secondary N) is 1. The van der Waals surface area contributed by atoms with Gasteiger partial charge in [0.05, 0.1) is 12.2 Å². The van der Waals surface area contributed by atoms with Crippen LogP contribution in [0.5, 0.6) is 0 Å². The van der Waals surface area contributed by atoms with Crippen LogP contribution in [0.25, 0.3) is 0 Å². The largest absolute Gasteiger partial charge is 0.326 e. The number of hydrogen-bond donors (Lipinski definition) is 1. The molecule has 1 amide bonds. The third kappa shape index (κ3) is 1.89. The molecule has 1 heterocycles. The smallest absolute Gasteiger partial charge is 0.240 e. The Bertz CT molecular complexity index is 275. The highest BCUT2D eigenvalue weighted by molar-refractivity contribution is 5.83. The predicted molar refractivity (Wildman–Crippen MR) is 60.3 cm³/mol. The molecule has 2 rings (SSSR count). The molecule has 86 valence electrons. The molecule has 0 aromatic carbocycles. The van der Waals surface area contributed by atoms with Crippen LogP contribution in [-0.4, -0.2) is 29.6 Å². The predicted octanol–water partition coefficient (Wildman–Crippen LogP) is 1.59. The molecule has 0 spiro atoms. The second kappa shape index (κ2) is 3.48. The van der Waals surface area contributed by atoms with Gasteiger partial charge in [-0.3, -0.25) is 10.1 Å². The van der Waals surface area contributed by atoms with Crippen molar-refractivity contribution in [2.75, 3.05) is 6.54 Å². The summed E-state index contributed by atoms with van der Waals surface area (Å²) < 4.78 is 0. The first-order valence-corrected chi connectivity index (χ1v) is 6.02. The Balaban J connectivity index is 1.98. The van der Waals surface area contributed by atoms with Crippen LogP contribution in [-0.2, 0) is 4.79 Å². The number of hydrogen-bond acceptors (Lipinski definition) is 2. The Kier molecular flexibility index (Phi) is 2.53. The maximum Gasteiger partial charge on any atom is 0.240 e. The molecule has 2 fully saturated rings. The maximum atomic E-state index is 11.9. The Morgan fingerprint density at radius 1 is 1.53 bits per heavy atom. The van der Waals surface area contributed by atoms with Crippen molar-refractivity contribution in [3.63, 3.8) is 0 Å². The molecule has 2 aliphatic rings. The summed E-state index contributed by atoms with van der Waals surface area (Å²) in [6.07, 6.45) is 2.54. The molecule has 3 heteroatoms. The van der Waals surface area contributed by atoms with E-state index >= 15 is 0 Å². The SMILES string of the molecule is CCC1NC(C)C(=O)N1CC1CC1(C)C. The van der Waals surface area contributed by atoms with Gasteiger partial charge in [0.15, 0.2) is 0 Å². The molecule has 3 atom stereocenters. The van der Waals surface area contributed by atoms with Gasteiger partial charge in [-0.25, -0.2) is 0 Å². The normalized spacial score (nSPS) is 38.5. The molecule has 1 saturated heterocycles. The van der Waals surface area contributed by atoms with Crippen molar-refractivity contribution >= 4 is 5.91 Å². The Hall–Kier alpha value is -0.570. The van der Waals surface area contributed by atoms with Crippen LogP contribution < -0.4 is 5.32 Å². The van der Waals surface area contributed by atoms with Crippen molar-refractivity contribution in [1.82, 2.24) is 10.2 Å². The van der Waals surface area contributed by atoms with Gasteiger partial charge in [-0.15, -0.1) is 0 Å². The first-order chi connectivity index (χ1) is 6.95. The summed E-state index contributed by atoms with van der Waals surface area (Å²) in [6.45, 7) is 9.62. The van der Waals surface area contributed by atoms with Crippen LogP contribution >= 0.6 is 0 Å². The zero-order valence-corrected chi connectivity index (χ0v) is 10.2. The lowest BCUT2D eigenvalue weighted by Gasteiger charge is -2.23. The van der Waals surface area contributed by atoms with E-state index in [1.165, 1.54) is 6.42 Å². The van der Waals surface area contributed by atoms with Crippen LogP contribution in [0.1, 0.15) is 40.5 Å². The summed E-state index contributed by atoms with van der Waals surface area (Å²) in [4.78, 5) is 14.0. The zero-order chi connectivity index (χ0) is 11.2. The standard InChI is InChI=1S/C12H22N2O/c1-5-10-13-8(2)11(15)14(10)7-9-6-12(9,3)4/h8-10,13H,5-7H2,1-4H3. The van der Waals surface area contributed by atoms with Crippen molar-refractivity contribution in [2.24, 2.45) is 11.3 Å². The summed E-state index contributed by atoms with van der Waals surface area (Å²) in [5, 5.41) is 3.34. The van der Waals surface area contributed by atoms with Crippen molar-refractivity contribution in [3.8, 4) is 0 Å². The minimum absolute atomic E-state index is 0.0109. The lowest BCUT2D eigenvalue weighted by atomic mass is 10.1. The highest BCUT2D eigenvalue weighted by Gasteiger charge is 2.48. The van der Waals surface area contributed by atoms with Crippen LogP contribution in [0.15, 0.2) is 0 Å². The van der Waals surface area contributed by atoms with E-state index in [0.717, 1.165) is 13.0 Å². The molecule has 1 N–H and O–H groups in total. The van der Waals surface area contributed by atoms with Crippen molar-refractivity contribution in [3.05, 3.63) is 0 Å². The zero-order valence-electron chi connectivity index (χ0n) is 10.2. The summed E-state index contributed by atoms with van der Waals surface area (Å²) in [7, 11) is 0. The second-order valence-corrected chi connectivity index (χ2v) is 5.69. The van der Waals surface area contributed by atoms with E-state index < -0.39 is 0 Å². The highest BCUT2D eigenvalue weighted by atomic mass is 16.2. The van der Waals surface area contributed by atoms with Crippen LogP contribution in [0.4, 0.5) is 0 Å². The van der Waals surface area contributed by atoms with E-state index in [1.54, 1.807) is 0 Å². The topological polar surface area (TPSA) is 32.3 Å². The average molecular weight is 210 g/mol. The second-order valence-electron chi connectivity index (χ2n) is 5.69. The van der Waals surface area contributed by atoms with E-state index in [2.05, 4.69) is 26.1 Å². The van der Waals surface area contributed by atoms with Gasteiger partial charge in [0.25, 0.3) is 0 Å². The molecule has 0 aromatic rings. The fourth-order valence-corrected chi connectivity index (χ4v) is 2.53. The van der Waals surface area contributed by atoms with Crippen LogP contribution in [0.2, 0.25) is 0 Å². The van der Waals surface area contributed by atoms with Gasteiger partial charge in [-0.2, -0.15) is 0 Å². The molecule has 1 aliphatic heterocycles. The van der Waals surface area contributed by atoms with Gasteiger partial charge < -0.3 is 4.90 Å². The van der Waals surface area contributed by atoms with Gasteiger partial charge in [-0.05, 0) is 31.1 Å². The first kappa shape index (κ1) is 10.9. The van der Waals surface area contributed by atoms with Crippen molar-refractivity contribution in [1.29, 1.82) is 0 Å². The molecule has 0 radical (unpaired) electrons. The molecule has 3 unspecified atom stereocenters. The molecular weight excluding hydrogens is 188 g/mol. The molecule has 1 saturated carbocycles. The van der Waals surface area contributed by atoms with E-state index in [1.807, 2.05) is 11.8 Å². The highest BCUT2D eigenvalue weighted by Crippen LogP contribution is 2.52. The van der Waals surface area contributed by atoms with E-state index in [0.29, 0.717) is 11.3 Å². The molecular formula is C12H22N2O. The third-order valence-electron chi connectivity index (χ3n) is 3.99. The summed E-state index contributed by atoms with van der Waals surface area (Å²) in [5.74, 6) is 0.993. The quantitative estimate of drug-likeness (QED) is 0.767. The van der Waals surface area contributed by atoms with E-state index in [9.17, 15) is 4.79 Å². The monoisotopic (exact) mass is 210 g/mol. The summed E-state index contributed by atoms with van der Waals surface area (Å²) in [6, 6.07) is 0.0109. The van der Waals surface area contributed by atoms with E-state index in [-0.39, 0.29) is 18.1 Å². The van der Waals surface area contributed by atoms with Crippen LogP contribution in [0.3, 0.4) is 0 Å². The number of rotatable bonds is 3. The minimum atomic E-state index is 0.0109. The Labute approximate surface area is 92.2 Å². The fourth-order valence-electron chi connectivity index (χ4n) is 2.53. The van der Waals surface area contributed by atoms with Gasteiger partial charge in [0.2, 0.25) is 5.91 Å².